The van der Waals surface area contributed by atoms with Gasteiger partial charge in [0.1, 0.15) is 5.75 Å². The number of hydrogen-bond acceptors (Lipinski definition) is 9. The van der Waals surface area contributed by atoms with Crippen molar-refractivity contribution in [3.8, 4) is 5.75 Å². The van der Waals surface area contributed by atoms with Crippen molar-refractivity contribution in [3.63, 3.8) is 0 Å². The number of carbonyl (C=O) groups is 2. The molecule has 208 valence electrons. The van der Waals surface area contributed by atoms with Crippen molar-refractivity contribution in [1.29, 1.82) is 0 Å². The Morgan fingerprint density at radius 3 is 2.44 bits per heavy atom. The van der Waals surface area contributed by atoms with Gasteiger partial charge in [-0.25, -0.2) is 14.6 Å². The van der Waals surface area contributed by atoms with E-state index >= 15 is 0 Å². The molecule has 0 spiro atoms. The smallest absolute Gasteiger partial charge is 0.490 e. The van der Waals surface area contributed by atoms with E-state index in [1.165, 1.54) is 12.4 Å². The second-order valence-electron chi connectivity index (χ2n) is 8.22. The number of rotatable bonds is 6. The number of aliphatic hydroxyl groups excluding tert-OH is 1. The largest absolute Gasteiger partial charge is 0.496 e. The number of benzene rings is 2. The van der Waals surface area contributed by atoms with Crippen LogP contribution in [0.4, 0.5) is 24.5 Å². The zero-order chi connectivity index (χ0) is 29.0. The zero-order valence-electron chi connectivity index (χ0n) is 20.8. The number of amides is 1. The summed E-state index contributed by atoms with van der Waals surface area (Å²) in [5.41, 5.74) is 4.37. The first-order valence-electron chi connectivity index (χ1n) is 11.1. The van der Waals surface area contributed by atoms with Gasteiger partial charge in [-0.2, -0.15) is 13.2 Å². The second-order valence-corrected chi connectivity index (χ2v) is 8.22. The normalized spacial score (nSPS) is 16.4. The molecule has 1 aliphatic rings. The molecule has 2 aromatic carbocycles. The topological polar surface area (TPSA) is 178 Å². The van der Waals surface area contributed by atoms with Crippen LogP contribution < -0.4 is 26.4 Å². The first-order chi connectivity index (χ1) is 18.3. The number of carboxylic acids is 1. The van der Waals surface area contributed by atoms with Crippen LogP contribution in [0.3, 0.4) is 0 Å². The highest BCUT2D eigenvalue weighted by Crippen LogP contribution is 2.29. The Morgan fingerprint density at radius 2 is 1.87 bits per heavy atom. The fourth-order valence-electron chi connectivity index (χ4n) is 3.36. The summed E-state index contributed by atoms with van der Waals surface area (Å²) in [6.45, 7) is 3.66. The number of oxazole rings is 1. The summed E-state index contributed by atoms with van der Waals surface area (Å²) in [7, 11) is 1.58. The van der Waals surface area contributed by atoms with Gasteiger partial charge in [0, 0.05) is 35.4 Å². The second kappa shape index (κ2) is 11.3. The highest BCUT2D eigenvalue weighted by Gasteiger charge is 2.39. The average Bonchev–Trinajstić information content (AvgIpc) is 3.25. The monoisotopic (exact) mass is 551 g/mol. The lowest BCUT2D eigenvalue weighted by Crippen LogP contribution is -2.58. The fraction of sp³-hybridized carbons (Fsp3) is 0.250. The maximum Gasteiger partial charge on any atom is 0.490 e. The lowest BCUT2D eigenvalue weighted by atomic mass is 10.1. The molecule has 2 heterocycles. The van der Waals surface area contributed by atoms with Crippen molar-refractivity contribution < 1.29 is 42.1 Å². The van der Waals surface area contributed by atoms with Gasteiger partial charge in [0.05, 0.1) is 19.2 Å². The summed E-state index contributed by atoms with van der Waals surface area (Å²) in [4.78, 5) is 40.6. The van der Waals surface area contributed by atoms with E-state index in [1.54, 1.807) is 31.4 Å². The van der Waals surface area contributed by atoms with Crippen molar-refractivity contribution >= 4 is 40.6 Å². The van der Waals surface area contributed by atoms with Crippen LogP contribution >= 0.6 is 0 Å². The van der Waals surface area contributed by atoms with E-state index in [0.29, 0.717) is 33.8 Å². The molecule has 0 fully saturated rings. The predicted molar refractivity (Wildman–Crippen MR) is 135 cm³/mol. The predicted octanol–water partition coefficient (Wildman–Crippen LogP) is 2.63. The lowest BCUT2D eigenvalue weighted by molar-refractivity contribution is -0.192. The molecule has 1 unspecified atom stereocenters. The number of hydrogen-bond donors (Lipinski definition) is 6. The number of aromatic nitrogens is 1. The number of ether oxygens (including phenoxy) is 1. The maximum absolute atomic E-state index is 13.4. The van der Waals surface area contributed by atoms with Crippen LogP contribution in [0.2, 0.25) is 0 Å². The number of aliphatic hydroxyl groups is 1. The van der Waals surface area contributed by atoms with Crippen LogP contribution in [0.1, 0.15) is 11.1 Å². The van der Waals surface area contributed by atoms with Crippen molar-refractivity contribution in [2.75, 3.05) is 24.4 Å². The third kappa shape index (κ3) is 6.75. The number of carboxylic acid groups (broad SMARTS) is 1. The maximum atomic E-state index is 13.4. The van der Waals surface area contributed by atoms with E-state index in [2.05, 4.69) is 25.9 Å². The number of fused-ring (bicyclic) bond motifs is 1. The minimum absolute atomic E-state index is 0.226. The molecule has 6 N–H and O–H groups in total. The molecule has 0 bridgehead atoms. The summed E-state index contributed by atoms with van der Waals surface area (Å²) in [6, 6.07) is 8.45. The van der Waals surface area contributed by atoms with E-state index in [9.17, 15) is 27.9 Å². The SMILES string of the molecule is COc1cc(NC2(C(=O)Nc3ccc4oc(=O)[nH]c4c3)N=CC(CO)=CN2)cc(C)c1C.O=C(O)C(F)(F)F. The van der Waals surface area contributed by atoms with Gasteiger partial charge in [-0.3, -0.25) is 9.78 Å². The van der Waals surface area contributed by atoms with Crippen LogP contribution in [0.25, 0.3) is 11.1 Å². The number of alkyl halides is 3. The van der Waals surface area contributed by atoms with Gasteiger partial charge in [-0.05, 0) is 49.2 Å². The summed E-state index contributed by atoms with van der Waals surface area (Å²) in [6.07, 6.45) is -2.13. The van der Waals surface area contributed by atoms with E-state index in [0.717, 1.165) is 11.1 Å². The molecule has 1 atom stereocenters. The third-order valence-corrected chi connectivity index (χ3v) is 5.49. The van der Waals surface area contributed by atoms with Crippen LogP contribution in [0, 0.1) is 13.8 Å². The van der Waals surface area contributed by atoms with Crippen LogP contribution in [-0.2, 0) is 9.59 Å². The lowest BCUT2D eigenvalue weighted by Gasteiger charge is -2.33. The molecule has 1 aromatic heterocycles. The zero-order valence-corrected chi connectivity index (χ0v) is 20.8. The van der Waals surface area contributed by atoms with Crippen molar-refractivity contribution in [1.82, 2.24) is 10.3 Å². The number of aliphatic imine (C=N–C) groups is 1. The number of H-pyrrole nitrogens is 1. The Morgan fingerprint density at radius 1 is 1.18 bits per heavy atom. The molecule has 12 nitrogen and oxygen atoms in total. The highest BCUT2D eigenvalue weighted by molar-refractivity contribution is 6.02. The number of carbonyl (C=O) groups excluding carboxylic acids is 1. The number of aromatic amines is 1. The molecule has 39 heavy (non-hydrogen) atoms. The van der Waals surface area contributed by atoms with Gasteiger partial charge in [0.25, 0.3) is 11.7 Å². The summed E-state index contributed by atoms with van der Waals surface area (Å²) in [5.74, 6) is -4.77. The quantitative estimate of drug-likeness (QED) is 0.269. The summed E-state index contributed by atoms with van der Waals surface area (Å²) in [5, 5.41) is 25.4. The fourth-order valence-corrected chi connectivity index (χ4v) is 3.36. The van der Waals surface area contributed by atoms with Gasteiger partial charge in [-0.15, -0.1) is 0 Å². The number of methoxy groups -OCH3 is 1. The number of aliphatic carboxylic acids is 1. The summed E-state index contributed by atoms with van der Waals surface area (Å²) < 4.78 is 42.2. The third-order valence-electron chi connectivity index (χ3n) is 5.49. The van der Waals surface area contributed by atoms with Crippen LogP contribution in [-0.4, -0.2) is 59.0 Å². The molecule has 4 rings (SSSR count). The first-order valence-corrected chi connectivity index (χ1v) is 11.1. The summed E-state index contributed by atoms with van der Waals surface area (Å²) >= 11 is 0. The van der Waals surface area contributed by atoms with Gasteiger partial charge < -0.3 is 35.3 Å². The Bertz CT molecular complexity index is 1510. The molecule has 0 radical (unpaired) electrons. The standard InChI is InChI=1S/C22H23N5O5.C2HF3O2/c1-12-6-16(8-19(31-3)13(12)2)27-22(23-9-14(11-28)10-24-22)20(29)25-15-4-5-18-17(7-15)26-21(30)32-18;3-2(4,5)1(6)7/h4-10,23,27-28H,11H2,1-3H3,(H,25,29)(H,26,30);(H,6,7). The van der Waals surface area contributed by atoms with Crippen molar-refractivity contribution in [3.05, 3.63) is 63.8 Å². The van der Waals surface area contributed by atoms with Gasteiger partial charge >= 0.3 is 17.9 Å². The van der Waals surface area contributed by atoms with Crippen molar-refractivity contribution in [2.45, 2.75) is 25.8 Å². The molecule has 1 amide bonds. The van der Waals surface area contributed by atoms with Gasteiger partial charge in [-0.1, -0.05) is 0 Å². The molecular formula is C24H24F3N5O7. The number of halogens is 3. The van der Waals surface area contributed by atoms with Crippen molar-refractivity contribution in [2.24, 2.45) is 4.99 Å². The Balaban J connectivity index is 0.000000532. The van der Waals surface area contributed by atoms with Crippen LogP contribution in [0.5, 0.6) is 5.75 Å². The molecule has 0 saturated heterocycles. The first kappa shape index (κ1) is 28.8. The van der Waals surface area contributed by atoms with Gasteiger partial charge in [0.15, 0.2) is 5.58 Å². The Labute approximate surface area is 218 Å². The minimum atomic E-state index is -5.08. The Kier molecular flexibility index (Phi) is 8.34. The molecule has 15 heteroatoms. The number of nitrogens with zero attached hydrogens (tertiary/aromatic N) is 1. The molecule has 0 saturated carbocycles. The highest BCUT2D eigenvalue weighted by atomic mass is 19.4. The minimum Gasteiger partial charge on any atom is -0.496 e. The van der Waals surface area contributed by atoms with Gasteiger partial charge in [0.2, 0.25) is 0 Å². The van der Waals surface area contributed by atoms with E-state index < -0.39 is 29.6 Å². The average molecular weight is 551 g/mol. The molecule has 3 aromatic rings. The van der Waals surface area contributed by atoms with E-state index in [1.807, 2.05) is 19.9 Å². The van der Waals surface area contributed by atoms with E-state index in [4.69, 9.17) is 19.1 Å². The van der Waals surface area contributed by atoms with Crippen LogP contribution in [0.15, 0.2) is 56.3 Å². The van der Waals surface area contributed by atoms with E-state index in [-0.39, 0.29) is 6.61 Å². The number of aryl methyl sites for hydroxylation is 1. The number of anilines is 2. The Hall–Kier alpha value is -4.79. The molecular weight excluding hydrogens is 527 g/mol. The molecule has 0 aliphatic carbocycles. The number of nitrogens with one attached hydrogen (secondary N) is 4. The molecule has 1 aliphatic heterocycles.